The molecule has 3 aromatic rings. The van der Waals surface area contributed by atoms with Crippen LogP contribution < -0.4 is 14.2 Å². The minimum atomic E-state index is -0.143. The third-order valence-electron chi connectivity index (χ3n) is 4.37. The summed E-state index contributed by atoms with van der Waals surface area (Å²) < 4.78 is 16.7. The van der Waals surface area contributed by atoms with Crippen LogP contribution in [0.15, 0.2) is 72.5 Å². The molecule has 1 heterocycles. The molecule has 0 saturated heterocycles. The highest BCUT2D eigenvalue weighted by atomic mass is 35.5. The molecule has 0 amide bonds. The number of halogens is 1. The highest BCUT2D eigenvalue weighted by molar-refractivity contribution is 6.30. The van der Waals surface area contributed by atoms with Gasteiger partial charge in [0.2, 0.25) is 5.78 Å². The van der Waals surface area contributed by atoms with Gasteiger partial charge >= 0.3 is 0 Å². The predicted octanol–water partition coefficient (Wildman–Crippen LogP) is 5.54. The average molecular weight is 393 g/mol. The number of carbonyl (C=O) groups is 1. The molecule has 1 aliphatic heterocycles. The van der Waals surface area contributed by atoms with Gasteiger partial charge in [0.25, 0.3) is 0 Å². The Morgan fingerprint density at radius 2 is 1.68 bits per heavy atom. The molecule has 0 fully saturated rings. The number of methoxy groups -OCH3 is 1. The molecule has 28 heavy (non-hydrogen) atoms. The van der Waals surface area contributed by atoms with Crippen molar-refractivity contribution in [3.8, 4) is 17.2 Å². The standard InChI is InChI=1S/C23H17ClO4/c1-26-18-8-4-15(5-9-18)12-22-23(25)20-11-10-19(13-21(20)28-22)27-14-16-2-6-17(24)7-3-16/h2-13H,14H2,1H3/b22-12+. The third kappa shape index (κ3) is 3.87. The third-order valence-corrected chi connectivity index (χ3v) is 4.63. The smallest absolute Gasteiger partial charge is 0.231 e. The van der Waals surface area contributed by atoms with Gasteiger partial charge in [0.1, 0.15) is 23.9 Å². The van der Waals surface area contributed by atoms with Gasteiger partial charge in [-0.15, -0.1) is 0 Å². The second kappa shape index (κ2) is 7.79. The summed E-state index contributed by atoms with van der Waals surface area (Å²) in [5.41, 5.74) is 2.39. The molecule has 5 heteroatoms. The van der Waals surface area contributed by atoms with E-state index in [9.17, 15) is 4.79 Å². The lowest BCUT2D eigenvalue weighted by molar-refractivity contribution is 0.101. The number of fused-ring (bicyclic) bond motifs is 1. The van der Waals surface area contributed by atoms with Crippen molar-refractivity contribution >= 4 is 23.5 Å². The largest absolute Gasteiger partial charge is 0.497 e. The van der Waals surface area contributed by atoms with E-state index in [-0.39, 0.29) is 11.5 Å². The Kier molecular flexibility index (Phi) is 5.04. The summed E-state index contributed by atoms with van der Waals surface area (Å²) in [6.45, 7) is 0.401. The number of Topliss-reactive ketones (excluding diaryl/α,β-unsaturated/α-hetero) is 1. The van der Waals surface area contributed by atoms with E-state index in [0.29, 0.717) is 28.7 Å². The van der Waals surface area contributed by atoms with E-state index in [1.54, 1.807) is 31.4 Å². The van der Waals surface area contributed by atoms with E-state index in [1.807, 2.05) is 48.5 Å². The zero-order chi connectivity index (χ0) is 19.5. The van der Waals surface area contributed by atoms with E-state index in [2.05, 4.69) is 0 Å². The molecule has 0 radical (unpaired) electrons. The molecule has 0 N–H and O–H groups in total. The Hall–Kier alpha value is -3.24. The molecule has 0 atom stereocenters. The minimum absolute atomic E-state index is 0.143. The van der Waals surface area contributed by atoms with Crippen LogP contribution in [0.4, 0.5) is 0 Å². The van der Waals surface area contributed by atoms with E-state index in [4.69, 9.17) is 25.8 Å². The Balaban J connectivity index is 1.49. The van der Waals surface area contributed by atoms with E-state index >= 15 is 0 Å². The van der Waals surface area contributed by atoms with E-state index in [1.165, 1.54) is 0 Å². The van der Waals surface area contributed by atoms with E-state index in [0.717, 1.165) is 16.9 Å². The molecule has 0 spiro atoms. The van der Waals surface area contributed by atoms with Gasteiger partial charge in [0.05, 0.1) is 12.7 Å². The highest BCUT2D eigenvalue weighted by Crippen LogP contribution is 2.35. The summed E-state index contributed by atoms with van der Waals surface area (Å²) in [4.78, 5) is 12.6. The van der Waals surface area contributed by atoms with Crippen LogP contribution in [0.1, 0.15) is 21.5 Å². The quantitative estimate of drug-likeness (QED) is 0.534. The van der Waals surface area contributed by atoms with Crippen LogP contribution in [0.2, 0.25) is 5.02 Å². The van der Waals surface area contributed by atoms with Crippen molar-refractivity contribution in [2.75, 3.05) is 7.11 Å². The Morgan fingerprint density at radius 1 is 0.964 bits per heavy atom. The van der Waals surface area contributed by atoms with Gasteiger partial charge in [-0.05, 0) is 53.6 Å². The molecule has 0 aromatic heterocycles. The van der Waals surface area contributed by atoms with Gasteiger partial charge in [-0.2, -0.15) is 0 Å². The maximum atomic E-state index is 12.6. The topological polar surface area (TPSA) is 44.8 Å². The van der Waals surface area contributed by atoms with Gasteiger partial charge < -0.3 is 14.2 Å². The molecule has 1 aliphatic rings. The van der Waals surface area contributed by atoms with Gasteiger partial charge in [0, 0.05) is 11.1 Å². The number of rotatable bonds is 5. The summed E-state index contributed by atoms with van der Waals surface area (Å²) in [6, 6.07) is 20.1. The normalized spacial score (nSPS) is 13.9. The van der Waals surface area contributed by atoms with Crippen molar-refractivity contribution in [3.63, 3.8) is 0 Å². The maximum absolute atomic E-state index is 12.6. The monoisotopic (exact) mass is 392 g/mol. The molecule has 140 valence electrons. The number of carbonyl (C=O) groups excluding carboxylic acids is 1. The lowest BCUT2D eigenvalue weighted by atomic mass is 10.1. The molecule has 4 rings (SSSR count). The summed E-state index contributed by atoms with van der Waals surface area (Å²) in [6.07, 6.45) is 1.72. The molecular formula is C23H17ClO4. The van der Waals surface area contributed by atoms with Gasteiger partial charge in [-0.25, -0.2) is 0 Å². The number of hydrogen-bond acceptors (Lipinski definition) is 4. The first-order valence-electron chi connectivity index (χ1n) is 8.72. The lowest BCUT2D eigenvalue weighted by Gasteiger charge is -2.07. The molecule has 4 nitrogen and oxygen atoms in total. The van der Waals surface area contributed by atoms with Crippen molar-refractivity contribution in [2.45, 2.75) is 6.61 Å². The van der Waals surface area contributed by atoms with Crippen LogP contribution in [-0.2, 0) is 6.61 Å². The lowest BCUT2D eigenvalue weighted by Crippen LogP contribution is -1.98. The molecule has 0 saturated carbocycles. The predicted molar refractivity (Wildman–Crippen MR) is 108 cm³/mol. The number of allylic oxidation sites excluding steroid dienone is 1. The fourth-order valence-corrected chi connectivity index (χ4v) is 2.98. The van der Waals surface area contributed by atoms with E-state index < -0.39 is 0 Å². The fraction of sp³-hybridized carbons (Fsp3) is 0.0870. The molecule has 0 aliphatic carbocycles. The van der Waals surface area contributed by atoms with Gasteiger partial charge in [0.15, 0.2) is 5.76 Å². The summed E-state index contributed by atoms with van der Waals surface area (Å²) in [5, 5.41) is 0.685. The molecule has 3 aromatic carbocycles. The number of benzene rings is 3. The van der Waals surface area contributed by atoms with Gasteiger partial charge in [-0.1, -0.05) is 35.9 Å². The maximum Gasteiger partial charge on any atom is 0.231 e. The van der Waals surface area contributed by atoms with Crippen molar-refractivity contribution in [3.05, 3.63) is 94.2 Å². The number of ether oxygens (including phenoxy) is 3. The van der Waals surface area contributed by atoms with Crippen molar-refractivity contribution in [1.29, 1.82) is 0 Å². The summed E-state index contributed by atoms with van der Waals surface area (Å²) in [5.74, 6) is 2.03. The van der Waals surface area contributed by atoms with Crippen LogP contribution in [0.3, 0.4) is 0 Å². The zero-order valence-corrected chi connectivity index (χ0v) is 15.9. The highest BCUT2D eigenvalue weighted by Gasteiger charge is 2.27. The molecule has 0 bridgehead atoms. The second-order valence-corrected chi connectivity index (χ2v) is 6.72. The van der Waals surface area contributed by atoms with Crippen molar-refractivity contribution in [2.24, 2.45) is 0 Å². The SMILES string of the molecule is COc1ccc(/C=C2/Oc3cc(OCc4ccc(Cl)cc4)ccc3C2=O)cc1. The Bertz CT molecular complexity index is 1040. The Morgan fingerprint density at radius 3 is 2.39 bits per heavy atom. The molecular weight excluding hydrogens is 376 g/mol. The van der Waals surface area contributed by atoms with Crippen LogP contribution in [0, 0.1) is 0 Å². The van der Waals surface area contributed by atoms with Crippen LogP contribution in [-0.4, -0.2) is 12.9 Å². The Labute approximate surface area is 167 Å². The van der Waals surface area contributed by atoms with Crippen LogP contribution in [0.25, 0.3) is 6.08 Å². The first-order valence-corrected chi connectivity index (χ1v) is 9.10. The minimum Gasteiger partial charge on any atom is -0.497 e. The van der Waals surface area contributed by atoms with Crippen molar-refractivity contribution in [1.82, 2.24) is 0 Å². The van der Waals surface area contributed by atoms with Gasteiger partial charge in [-0.3, -0.25) is 4.79 Å². The van der Waals surface area contributed by atoms with Crippen molar-refractivity contribution < 1.29 is 19.0 Å². The summed E-state index contributed by atoms with van der Waals surface area (Å²) in [7, 11) is 1.61. The fourth-order valence-electron chi connectivity index (χ4n) is 2.86. The zero-order valence-electron chi connectivity index (χ0n) is 15.1. The second-order valence-electron chi connectivity index (χ2n) is 6.29. The average Bonchev–Trinajstić information content (AvgIpc) is 3.03. The molecule has 0 unspecified atom stereocenters. The first kappa shape index (κ1) is 18.1. The van der Waals surface area contributed by atoms with Crippen LogP contribution >= 0.6 is 11.6 Å². The number of ketones is 1. The summed E-state index contributed by atoms with van der Waals surface area (Å²) >= 11 is 5.89. The van der Waals surface area contributed by atoms with Crippen LogP contribution in [0.5, 0.6) is 17.2 Å². The first-order chi connectivity index (χ1) is 13.6. The number of hydrogen-bond donors (Lipinski definition) is 0.